The molecule has 2 rings (SSSR count). The van der Waals surface area contributed by atoms with E-state index in [0.717, 1.165) is 18.9 Å². The molecule has 2 unspecified atom stereocenters. The fraction of sp³-hybridized carbons (Fsp3) is 0.545. The van der Waals surface area contributed by atoms with E-state index in [9.17, 15) is 0 Å². The van der Waals surface area contributed by atoms with Crippen LogP contribution in [0.2, 0.25) is 0 Å². The maximum Gasteiger partial charge on any atom is 0.0426 e. The molecule has 2 aliphatic rings. The van der Waals surface area contributed by atoms with Gasteiger partial charge in [0, 0.05) is 18.7 Å². The highest BCUT2D eigenvalue weighted by Crippen LogP contribution is 2.32. The molecule has 0 fully saturated rings. The van der Waals surface area contributed by atoms with Crippen molar-refractivity contribution in [2.45, 2.75) is 19.8 Å². The number of hydrogen-bond donors (Lipinski definition) is 0. The van der Waals surface area contributed by atoms with E-state index >= 15 is 0 Å². The third kappa shape index (κ3) is 1.36. The van der Waals surface area contributed by atoms with Gasteiger partial charge in [0.15, 0.2) is 0 Å². The molecule has 0 spiro atoms. The normalized spacial score (nSPS) is 33.9. The lowest BCUT2D eigenvalue weighted by molar-refractivity contribution is 0.505. The summed E-state index contributed by atoms with van der Waals surface area (Å²) in [5.74, 6) is 1.51. The molecule has 1 aliphatic heterocycles. The number of aliphatic imine (C=N–C) groups is 1. The zero-order chi connectivity index (χ0) is 8.39. The Balaban J connectivity index is 2.12. The molecule has 0 bridgehead atoms. The molecular weight excluding hydrogens is 146 g/mol. The minimum absolute atomic E-state index is 0.705. The highest BCUT2D eigenvalue weighted by atomic mass is 14.7. The molecule has 1 nitrogen and oxygen atoms in total. The lowest BCUT2D eigenvalue weighted by atomic mass is 9.87. The van der Waals surface area contributed by atoms with Gasteiger partial charge in [-0.05, 0) is 24.8 Å². The fourth-order valence-electron chi connectivity index (χ4n) is 2.04. The van der Waals surface area contributed by atoms with Gasteiger partial charge in [-0.2, -0.15) is 0 Å². The molecule has 0 amide bonds. The minimum Gasteiger partial charge on any atom is -0.293 e. The Labute approximate surface area is 73.9 Å². The van der Waals surface area contributed by atoms with Crippen molar-refractivity contribution < 1.29 is 0 Å². The lowest BCUT2D eigenvalue weighted by Crippen LogP contribution is -2.10. The van der Waals surface area contributed by atoms with Gasteiger partial charge in [-0.1, -0.05) is 24.6 Å². The number of hydrogen-bond acceptors (Lipinski definition) is 1. The van der Waals surface area contributed by atoms with Crippen molar-refractivity contribution in [1.82, 2.24) is 0 Å². The largest absolute Gasteiger partial charge is 0.293 e. The van der Waals surface area contributed by atoms with Crippen LogP contribution in [-0.2, 0) is 0 Å². The van der Waals surface area contributed by atoms with Crippen LogP contribution in [0.4, 0.5) is 0 Å². The van der Waals surface area contributed by atoms with Crippen molar-refractivity contribution in [3.05, 3.63) is 23.8 Å². The molecular formula is C11H15N. The van der Waals surface area contributed by atoms with Gasteiger partial charge in [0.1, 0.15) is 0 Å². The monoisotopic (exact) mass is 161 g/mol. The summed E-state index contributed by atoms with van der Waals surface area (Å²) in [6, 6.07) is 0. The van der Waals surface area contributed by atoms with E-state index in [-0.39, 0.29) is 0 Å². The Morgan fingerprint density at radius 1 is 1.50 bits per heavy atom. The maximum atomic E-state index is 4.20. The molecule has 0 radical (unpaired) electrons. The molecule has 0 aromatic heterocycles. The van der Waals surface area contributed by atoms with Crippen LogP contribution in [0.3, 0.4) is 0 Å². The molecule has 1 aliphatic carbocycles. The summed E-state index contributed by atoms with van der Waals surface area (Å²) >= 11 is 0. The van der Waals surface area contributed by atoms with Gasteiger partial charge in [0.2, 0.25) is 0 Å². The smallest absolute Gasteiger partial charge is 0.0426 e. The lowest BCUT2D eigenvalue weighted by Gasteiger charge is -2.19. The van der Waals surface area contributed by atoms with Crippen LogP contribution in [0, 0.1) is 11.8 Å². The van der Waals surface area contributed by atoms with Crippen LogP contribution in [0.1, 0.15) is 19.8 Å². The first-order chi connectivity index (χ1) is 5.88. The summed E-state index contributed by atoms with van der Waals surface area (Å²) in [5, 5.41) is 0. The van der Waals surface area contributed by atoms with Crippen LogP contribution >= 0.6 is 0 Å². The average Bonchev–Trinajstić information content (AvgIpc) is 2.53. The molecule has 0 aromatic carbocycles. The third-order valence-corrected chi connectivity index (χ3v) is 2.82. The minimum atomic E-state index is 0.705. The van der Waals surface area contributed by atoms with Gasteiger partial charge in [0.25, 0.3) is 0 Å². The summed E-state index contributed by atoms with van der Waals surface area (Å²) in [6.07, 6.45) is 11.2. The first-order valence-corrected chi connectivity index (χ1v) is 4.73. The van der Waals surface area contributed by atoms with Crippen LogP contribution < -0.4 is 0 Å². The van der Waals surface area contributed by atoms with Crippen LogP contribution in [0.25, 0.3) is 0 Å². The highest BCUT2D eigenvalue weighted by molar-refractivity contribution is 5.73. The number of dihydropyridines is 1. The van der Waals surface area contributed by atoms with Crippen molar-refractivity contribution in [1.29, 1.82) is 0 Å². The molecule has 0 aromatic rings. The van der Waals surface area contributed by atoms with Crippen LogP contribution in [0.15, 0.2) is 28.8 Å². The zero-order valence-corrected chi connectivity index (χ0v) is 7.53. The topological polar surface area (TPSA) is 12.4 Å². The van der Waals surface area contributed by atoms with Gasteiger partial charge in [0.05, 0.1) is 0 Å². The van der Waals surface area contributed by atoms with Crippen molar-refractivity contribution in [3.63, 3.8) is 0 Å². The van der Waals surface area contributed by atoms with E-state index in [0.29, 0.717) is 5.92 Å². The van der Waals surface area contributed by atoms with Crippen molar-refractivity contribution >= 4 is 6.21 Å². The first kappa shape index (κ1) is 7.78. The summed E-state index contributed by atoms with van der Waals surface area (Å²) < 4.78 is 0. The van der Waals surface area contributed by atoms with Crippen LogP contribution in [-0.4, -0.2) is 12.8 Å². The number of allylic oxidation sites excluding steroid dienone is 3. The second-order valence-corrected chi connectivity index (χ2v) is 3.71. The molecule has 64 valence electrons. The Bertz CT molecular complexity index is 248. The third-order valence-electron chi connectivity index (χ3n) is 2.82. The van der Waals surface area contributed by atoms with Crippen molar-refractivity contribution in [3.8, 4) is 0 Å². The van der Waals surface area contributed by atoms with E-state index in [1.54, 1.807) is 5.57 Å². The molecule has 0 N–H and O–H groups in total. The van der Waals surface area contributed by atoms with Gasteiger partial charge < -0.3 is 0 Å². The Hall–Kier alpha value is -0.850. The van der Waals surface area contributed by atoms with Gasteiger partial charge >= 0.3 is 0 Å². The molecule has 1 heteroatoms. The van der Waals surface area contributed by atoms with Crippen molar-refractivity contribution in [2.75, 3.05) is 6.54 Å². The number of nitrogens with zero attached hydrogens (tertiary/aromatic N) is 1. The second-order valence-electron chi connectivity index (χ2n) is 3.71. The molecule has 2 atom stereocenters. The summed E-state index contributed by atoms with van der Waals surface area (Å²) in [6.45, 7) is 3.32. The Morgan fingerprint density at radius 3 is 3.00 bits per heavy atom. The van der Waals surface area contributed by atoms with Crippen LogP contribution in [0.5, 0.6) is 0 Å². The Kier molecular flexibility index (Phi) is 2.11. The summed E-state index contributed by atoms with van der Waals surface area (Å²) in [4.78, 5) is 4.20. The highest BCUT2D eigenvalue weighted by Gasteiger charge is 2.21. The van der Waals surface area contributed by atoms with E-state index in [4.69, 9.17) is 0 Å². The van der Waals surface area contributed by atoms with Gasteiger partial charge in [-0.15, -0.1) is 0 Å². The first-order valence-electron chi connectivity index (χ1n) is 4.73. The molecule has 1 heterocycles. The molecule has 0 saturated carbocycles. The predicted molar refractivity (Wildman–Crippen MR) is 52.5 cm³/mol. The SMILES string of the molecule is CC1CC=CC1C1=CC=NCC1. The maximum absolute atomic E-state index is 4.20. The zero-order valence-electron chi connectivity index (χ0n) is 7.53. The summed E-state index contributed by atoms with van der Waals surface area (Å²) in [5.41, 5.74) is 1.58. The van der Waals surface area contributed by atoms with E-state index in [1.807, 2.05) is 6.21 Å². The quantitative estimate of drug-likeness (QED) is 0.524. The fourth-order valence-corrected chi connectivity index (χ4v) is 2.04. The van der Waals surface area contributed by atoms with E-state index < -0.39 is 0 Å². The van der Waals surface area contributed by atoms with E-state index in [2.05, 4.69) is 30.1 Å². The predicted octanol–water partition coefficient (Wildman–Crippen LogP) is 2.60. The Morgan fingerprint density at radius 2 is 2.42 bits per heavy atom. The average molecular weight is 161 g/mol. The molecule has 0 saturated heterocycles. The van der Waals surface area contributed by atoms with E-state index in [1.165, 1.54) is 6.42 Å². The number of rotatable bonds is 1. The molecule has 12 heavy (non-hydrogen) atoms. The standard InChI is InChI=1S/C11H15N/c1-9-3-2-4-11(9)10-5-7-12-8-6-10/h2,4-5,7,9,11H,3,6,8H2,1H3. The summed E-state index contributed by atoms with van der Waals surface area (Å²) in [7, 11) is 0. The van der Waals surface area contributed by atoms with Gasteiger partial charge in [-0.3, -0.25) is 4.99 Å². The second kappa shape index (κ2) is 3.26. The van der Waals surface area contributed by atoms with Gasteiger partial charge in [-0.25, -0.2) is 0 Å². The van der Waals surface area contributed by atoms with Crippen molar-refractivity contribution in [2.24, 2.45) is 16.8 Å².